The average molecular weight is 215 g/mol. The molecule has 1 aromatic rings. The van der Waals surface area contributed by atoms with Gasteiger partial charge in [0.1, 0.15) is 12.2 Å². The first-order chi connectivity index (χ1) is 6.85. The molecule has 5 heteroatoms. The van der Waals surface area contributed by atoms with E-state index in [9.17, 15) is 0 Å². The summed E-state index contributed by atoms with van der Waals surface area (Å²) in [5, 5.41) is 7.89. The van der Waals surface area contributed by atoms with Gasteiger partial charge < -0.3 is 9.47 Å². The van der Waals surface area contributed by atoms with Gasteiger partial charge in [-0.05, 0) is 13.0 Å². The fourth-order valence-corrected chi connectivity index (χ4v) is 2.19. The van der Waals surface area contributed by atoms with E-state index < -0.39 is 0 Å². The van der Waals surface area contributed by atoms with Gasteiger partial charge in [-0.1, -0.05) is 6.92 Å². The third kappa shape index (κ3) is 1.77. The summed E-state index contributed by atoms with van der Waals surface area (Å²) in [4.78, 5) is 2.43. The molecule has 1 saturated heterocycles. The normalized spacial score (nSPS) is 23.1. The van der Waals surface area contributed by atoms with Crippen molar-refractivity contribution in [2.45, 2.75) is 25.3 Å². The van der Waals surface area contributed by atoms with Crippen LogP contribution in [0.1, 0.15) is 25.2 Å². The number of alkyl halides is 1. The highest BCUT2D eigenvalue weighted by Gasteiger charge is 2.24. The minimum Gasteiger partial charge on any atom is -0.312 e. The molecule has 1 aliphatic rings. The van der Waals surface area contributed by atoms with Gasteiger partial charge in [-0.3, -0.25) is 0 Å². The van der Waals surface area contributed by atoms with Gasteiger partial charge in [0.05, 0.1) is 11.9 Å². The summed E-state index contributed by atoms with van der Waals surface area (Å²) in [7, 11) is 0. The number of rotatable bonds is 3. The molecule has 1 atom stereocenters. The van der Waals surface area contributed by atoms with Gasteiger partial charge >= 0.3 is 0 Å². The van der Waals surface area contributed by atoms with Gasteiger partial charge in [-0.15, -0.1) is 21.8 Å². The van der Waals surface area contributed by atoms with Crippen LogP contribution in [0, 0.1) is 0 Å². The molecule has 0 radical (unpaired) electrons. The third-order valence-corrected chi connectivity index (χ3v) is 3.09. The molecular formula is C9H15ClN4. The summed E-state index contributed by atoms with van der Waals surface area (Å²) in [6.45, 7) is 5.57. The van der Waals surface area contributed by atoms with E-state index in [0.29, 0.717) is 11.9 Å². The third-order valence-electron chi connectivity index (χ3n) is 2.85. The Bertz CT molecular complexity index is 299. The Labute approximate surface area is 88.9 Å². The van der Waals surface area contributed by atoms with Crippen molar-refractivity contribution in [2.75, 3.05) is 19.6 Å². The predicted molar refractivity (Wildman–Crippen MR) is 55.3 cm³/mol. The van der Waals surface area contributed by atoms with Crippen LogP contribution in [0.2, 0.25) is 0 Å². The van der Waals surface area contributed by atoms with Crippen molar-refractivity contribution in [3.05, 3.63) is 12.2 Å². The Balaban J connectivity index is 2.09. The predicted octanol–water partition coefficient (Wildman–Crippen LogP) is 1.28. The maximum atomic E-state index is 5.79. The molecule has 0 spiro atoms. The molecule has 1 aliphatic heterocycles. The highest BCUT2D eigenvalue weighted by atomic mass is 35.5. The molecule has 0 bridgehead atoms. The maximum absolute atomic E-state index is 5.79. The minimum atomic E-state index is 0.447. The van der Waals surface area contributed by atoms with Crippen LogP contribution in [0.5, 0.6) is 0 Å². The van der Waals surface area contributed by atoms with Gasteiger partial charge in [-0.2, -0.15) is 0 Å². The van der Waals surface area contributed by atoms with Gasteiger partial charge in [0.2, 0.25) is 0 Å². The van der Waals surface area contributed by atoms with E-state index in [1.54, 1.807) is 6.33 Å². The van der Waals surface area contributed by atoms with Crippen molar-refractivity contribution in [3.8, 4) is 0 Å². The van der Waals surface area contributed by atoms with Crippen molar-refractivity contribution in [1.29, 1.82) is 0 Å². The summed E-state index contributed by atoms with van der Waals surface area (Å²) in [5.74, 6) is 1.33. The molecule has 2 rings (SSSR count). The van der Waals surface area contributed by atoms with Gasteiger partial charge in [-0.25, -0.2) is 0 Å². The zero-order valence-electron chi connectivity index (χ0n) is 8.36. The quantitative estimate of drug-likeness (QED) is 0.711. The SMILES string of the molecule is CCN1CCC(n2cnnc2CCl)C1. The van der Waals surface area contributed by atoms with Crippen molar-refractivity contribution in [1.82, 2.24) is 19.7 Å². The number of hydrogen-bond acceptors (Lipinski definition) is 3. The first kappa shape index (κ1) is 9.93. The summed E-state index contributed by atoms with van der Waals surface area (Å²) in [5.41, 5.74) is 0. The zero-order valence-corrected chi connectivity index (χ0v) is 9.11. The van der Waals surface area contributed by atoms with Crippen LogP contribution in [0.3, 0.4) is 0 Å². The smallest absolute Gasteiger partial charge is 0.148 e. The molecule has 0 aromatic carbocycles. The Hall–Kier alpha value is -0.610. The second-order valence-electron chi connectivity index (χ2n) is 3.62. The summed E-state index contributed by atoms with van der Waals surface area (Å²) in [6.07, 6.45) is 2.97. The van der Waals surface area contributed by atoms with Crippen molar-refractivity contribution in [3.63, 3.8) is 0 Å². The highest BCUT2D eigenvalue weighted by Crippen LogP contribution is 2.22. The Morgan fingerprint density at radius 1 is 1.64 bits per heavy atom. The second kappa shape index (κ2) is 4.28. The molecular weight excluding hydrogens is 200 g/mol. The number of aromatic nitrogens is 3. The van der Waals surface area contributed by atoms with Crippen LogP contribution < -0.4 is 0 Å². The molecule has 14 heavy (non-hydrogen) atoms. The fraction of sp³-hybridized carbons (Fsp3) is 0.778. The van der Waals surface area contributed by atoms with Crippen LogP contribution in [-0.2, 0) is 5.88 Å². The monoisotopic (exact) mass is 214 g/mol. The molecule has 1 fully saturated rings. The lowest BCUT2D eigenvalue weighted by Gasteiger charge is -2.14. The molecule has 2 heterocycles. The standard InChI is InChI=1S/C9H15ClN4/c1-2-13-4-3-8(6-13)14-7-11-12-9(14)5-10/h7-8H,2-6H2,1H3. The van der Waals surface area contributed by atoms with E-state index >= 15 is 0 Å². The lowest BCUT2D eigenvalue weighted by atomic mass is 10.2. The number of nitrogens with zero attached hydrogens (tertiary/aromatic N) is 4. The molecule has 0 saturated carbocycles. The Morgan fingerprint density at radius 2 is 2.50 bits per heavy atom. The van der Waals surface area contributed by atoms with Gasteiger partial charge in [0.15, 0.2) is 0 Å². The molecule has 4 nitrogen and oxygen atoms in total. The molecule has 78 valence electrons. The van der Waals surface area contributed by atoms with E-state index in [1.165, 1.54) is 13.0 Å². The fourth-order valence-electron chi connectivity index (χ4n) is 1.99. The maximum Gasteiger partial charge on any atom is 0.148 e. The first-order valence-corrected chi connectivity index (χ1v) is 5.55. The average Bonchev–Trinajstić information content (AvgIpc) is 2.85. The van der Waals surface area contributed by atoms with Gasteiger partial charge in [0.25, 0.3) is 0 Å². The molecule has 0 N–H and O–H groups in total. The van der Waals surface area contributed by atoms with Crippen LogP contribution in [-0.4, -0.2) is 39.3 Å². The van der Waals surface area contributed by atoms with Crippen LogP contribution in [0.15, 0.2) is 6.33 Å². The highest BCUT2D eigenvalue weighted by molar-refractivity contribution is 6.16. The van der Waals surface area contributed by atoms with E-state index in [0.717, 1.165) is 18.9 Å². The summed E-state index contributed by atoms with van der Waals surface area (Å²) in [6, 6.07) is 0.513. The molecule has 0 aliphatic carbocycles. The van der Waals surface area contributed by atoms with Crippen LogP contribution in [0.25, 0.3) is 0 Å². The second-order valence-corrected chi connectivity index (χ2v) is 3.89. The number of halogens is 1. The number of hydrogen-bond donors (Lipinski definition) is 0. The zero-order chi connectivity index (χ0) is 9.97. The van der Waals surface area contributed by atoms with Crippen molar-refractivity contribution < 1.29 is 0 Å². The first-order valence-electron chi connectivity index (χ1n) is 5.01. The van der Waals surface area contributed by atoms with Crippen LogP contribution in [0.4, 0.5) is 0 Å². The van der Waals surface area contributed by atoms with E-state index in [4.69, 9.17) is 11.6 Å². The summed E-state index contributed by atoms with van der Waals surface area (Å²) >= 11 is 5.79. The largest absolute Gasteiger partial charge is 0.312 e. The lowest BCUT2D eigenvalue weighted by molar-refractivity contribution is 0.340. The van der Waals surface area contributed by atoms with Gasteiger partial charge in [0, 0.05) is 13.1 Å². The molecule has 1 aromatic heterocycles. The lowest BCUT2D eigenvalue weighted by Crippen LogP contribution is -2.21. The minimum absolute atomic E-state index is 0.447. The van der Waals surface area contributed by atoms with E-state index in [-0.39, 0.29) is 0 Å². The van der Waals surface area contributed by atoms with Crippen LogP contribution >= 0.6 is 11.6 Å². The molecule has 1 unspecified atom stereocenters. The van der Waals surface area contributed by atoms with E-state index in [1.807, 2.05) is 0 Å². The number of likely N-dealkylation sites (tertiary alicyclic amines) is 1. The Morgan fingerprint density at radius 3 is 3.14 bits per heavy atom. The summed E-state index contributed by atoms with van der Waals surface area (Å²) < 4.78 is 2.11. The van der Waals surface area contributed by atoms with E-state index in [2.05, 4.69) is 26.6 Å². The van der Waals surface area contributed by atoms with Crippen molar-refractivity contribution >= 4 is 11.6 Å². The topological polar surface area (TPSA) is 34.0 Å². The molecule has 0 amide bonds. The Kier molecular flexibility index (Phi) is 3.03. The number of likely N-dealkylation sites (N-methyl/N-ethyl adjacent to an activating group) is 1. The van der Waals surface area contributed by atoms with Crippen molar-refractivity contribution in [2.24, 2.45) is 0 Å².